The van der Waals surface area contributed by atoms with Crippen LogP contribution in [0.1, 0.15) is 32.3 Å². The lowest BCUT2D eigenvalue weighted by molar-refractivity contribution is 0.0929. The van der Waals surface area contributed by atoms with E-state index in [0.29, 0.717) is 18.4 Å². The van der Waals surface area contributed by atoms with Crippen LogP contribution in [0, 0.1) is 11.8 Å². The third kappa shape index (κ3) is 7.81. The highest BCUT2D eigenvalue weighted by Crippen LogP contribution is 2.09. The molecule has 0 aliphatic heterocycles. The van der Waals surface area contributed by atoms with E-state index in [9.17, 15) is 0 Å². The van der Waals surface area contributed by atoms with Crippen molar-refractivity contribution < 1.29 is 9.84 Å². The minimum Gasteiger partial charge on any atom is -0.396 e. The van der Waals surface area contributed by atoms with Crippen LogP contribution in [0.4, 0.5) is 0 Å². The van der Waals surface area contributed by atoms with Gasteiger partial charge >= 0.3 is 0 Å². The van der Waals surface area contributed by atoms with Gasteiger partial charge in [-0.3, -0.25) is 0 Å². The lowest BCUT2D eigenvalue weighted by atomic mass is 10.0. The lowest BCUT2D eigenvalue weighted by Crippen LogP contribution is -2.05. The summed E-state index contributed by atoms with van der Waals surface area (Å²) in [5.41, 5.74) is 1.22. The molecule has 1 N–H and O–H groups in total. The predicted octanol–water partition coefficient (Wildman–Crippen LogP) is 3.80. The highest BCUT2D eigenvalue weighted by molar-refractivity contribution is 5.13. The number of aliphatic hydroxyl groups excluding tert-OH is 1. The van der Waals surface area contributed by atoms with Crippen molar-refractivity contribution >= 4 is 0 Å². The molecule has 0 aromatic heterocycles. The van der Waals surface area contributed by atoms with Crippen molar-refractivity contribution in [2.75, 3.05) is 13.2 Å². The number of aliphatic hydroxyl groups is 1. The molecule has 1 aromatic carbocycles. The van der Waals surface area contributed by atoms with E-state index in [-0.39, 0.29) is 6.61 Å². The Hall–Kier alpha value is -1.12. The monoisotopic (exact) mass is 262 g/mol. The Labute approximate surface area is 117 Å². The molecule has 106 valence electrons. The molecule has 2 nitrogen and oxygen atoms in total. The summed E-state index contributed by atoms with van der Waals surface area (Å²) in [5.74, 6) is 0.990. The zero-order chi connectivity index (χ0) is 13.9. The van der Waals surface area contributed by atoms with Crippen molar-refractivity contribution in [1.29, 1.82) is 0 Å². The number of hydrogen-bond donors (Lipinski definition) is 1. The number of hydrogen-bond acceptors (Lipinski definition) is 2. The van der Waals surface area contributed by atoms with E-state index < -0.39 is 0 Å². The van der Waals surface area contributed by atoms with E-state index in [1.54, 1.807) is 0 Å². The van der Waals surface area contributed by atoms with Gasteiger partial charge in [-0.1, -0.05) is 56.3 Å². The molecular formula is C17H26O2. The molecule has 0 aliphatic carbocycles. The smallest absolute Gasteiger partial charge is 0.0717 e. The second kappa shape index (κ2) is 9.76. The molecule has 0 aliphatic rings. The second-order valence-electron chi connectivity index (χ2n) is 5.26. The Morgan fingerprint density at radius 1 is 1.21 bits per heavy atom. The third-order valence-corrected chi connectivity index (χ3v) is 3.10. The van der Waals surface area contributed by atoms with Crippen molar-refractivity contribution in [2.24, 2.45) is 11.8 Å². The molecule has 0 radical (unpaired) electrons. The first-order chi connectivity index (χ1) is 9.22. The third-order valence-electron chi connectivity index (χ3n) is 3.10. The normalized spacial score (nSPS) is 14.7. The molecular weight excluding hydrogens is 236 g/mol. The molecule has 0 bridgehead atoms. The average molecular weight is 262 g/mol. The Bertz CT molecular complexity index is 346. The van der Waals surface area contributed by atoms with E-state index >= 15 is 0 Å². The molecule has 1 aromatic rings. The molecule has 0 saturated carbocycles. The predicted molar refractivity (Wildman–Crippen MR) is 79.9 cm³/mol. The molecule has 1 rings (SSSR count). The maximum atomic E-state index is 8.82. The summed E-state index contributed by atoms with van der Waals surface area (Å²) in [6.45, 7) is 6.07. The van der Waals surface area contributed by atoms with E-state index in [0.717, 1.165) is 19.4 Å². The summed E-state index contributed by atoms with van der Waals surface area (Å²) in [6, 6.07) is 10.3. The molecule has 2 atom stereocenters. The van der Waals surface area contributed by atoms with Gasteiger partial charge in [-0.2, -0.15) is 0 Å². The van der Waals surface area contributed by atoms with Gasteiger partial charge in [0.05, 0.1) is 6.61 Å². The van der Waals surface area contributed by atoms with Crippen LogP contribution in [-0.4, -0.2) is 18.3 Å². The second-order valence-corrected chi connectivity index (χ2v) is 5.26. The summed E-state index contributed by atoms with van der Waals surface area (Å²) in [4.78, 5) is 0. The van der Waals surface area contributed by atoms with Gasteiger partial charge < -0.3 is 9.84 Å². The van der Waals surface area contributed by atoms with Gasteiger partial charge in [-0.05, 0) is 30.2 Å². The summed E-state index contributed by atoms with van der Waals surface area (Å²) >= 11 is 0. The van der Waals surface area contributed by atoms with E-state index in [1.165, 1.54) is 5.56 Å². The first-order valence-corrected chi connectivity index (χ1v) is 7.11. The summed E-state index contributed by atoms with van der Waals surface area (Å²) in [7, 11) is 0. The van der Waals surface area contributed by atoms with Crippen molar-refractivity contribution in [3.05, 3.63) is 48.0 Å². The molecule has 0 fully saturated rings. The van der Waals surface area contributed by atoms with Crippen LogP contribution in [0.2, 0.25) is 0 Å². The summed E-state index contributed by atoms with van der Waals surface area (Å²) < 4.78 is 5.71. The summed E-state index contributed by atoms with van der Waals surface area (Å²) in [6.07, 6.45) is 6.26. The Morgan fingerprint density at radius 3 is 2.63 bits per heavy atom. The molecule has 19 heavy (non-hydrogen) atoms. The minimum atomic E-state index is 0.265. The molecule has 2 heteroatoms. The fourth-order valence-corrected chi connectivity index (χ4v) is 1.86. The van der Waals surface area contributed by atoms with Crippen LogP contribution in [0.5, 0.6) is 0 Å². The largest absolute Gasteiger partial charge is 0.396 e. The number of rotatable bonds is 9. The van der Waals surface area contributed by atoms with Crippen molar-refractivity contribution in [2.45, 2.75) is 33.3 Å². The van der Waals surface area contributed by atoms with Gasteiger partial charge in [0.1, 0.15) is 0 Å². The highest BCUT2D eigenvalue weighted by Gasteiger charge is 2.01. The Balaban J connectivity index is 2.12. The zero-order valence-corrected chi connectivity index (χ0v) is 12.1. The van der Waals surface area contributed by atoms with Crippen LogP contribution in [0.3, 0.4) is 0 Å². The highest BCUT2D eigenvalue weighted by atomic mass is 16.5. The molecule has 0 amide bonds. The maximum Gasteiger partial charge on any atom is 0.0717 e. The molecule has 2 unspecified atom stereocenters. The van der Waals surface area contributed by atoms with Crippen molar-refractivity contribution in [3.63, 3.8) is 0 Å². The van der Waals surface area contributed by atoms with Crippen LogP contribution in [-0.2, 0) is 11.3 Å². The van der Waals surface area contributed by atoms with Gasteiger partial charge in [-0.15, -0.1) is 0 Å². The van der Waals surface area contributed by atoms with Gasteiger partial charge in [0.25, 0.3) is 0 Å². The first-order valence-electron chi connectivity index (χ1n) is 7.11. The van der Waals surface area contributed by atoms with E-state index in [4.69, 9.17) is 9.84 Å². The van der Waals surface area contributed by atoms with Crippen molar-refractivity contribution in [1.82, 2.24) is 0 Å². The quantitative estimate of drug-likeness (QED) is 0.686. The Kier molecular flexibility index (Phi) is 8.19. The number of benzene rings is 1. The van der Waals surface area contributed by atoms with Crippen molar-refractivity contribution in [3.8, 4) is 0 Å². The number of ether oxygens (including phenoxy) is 1. The zero-order valence-electron chi connectivity index (χ0n) is 12.1. The van der Waals surface area contributed by atoms with Gasteiger partial charge in [0.15, 0.2) is 0 Å². The van der Waals surface area contributed by atoms with Crippen LogP contribution in [0.25, 0.3) is 0 Å². The van der Waals surface area contributed by atoms with E-state index in [1.807, 2.05) is 18.2 Å². The topological polar surface area (TPSA) is 29.5 Å². The maximum absolute atomic E-state index is 8.82. The molecule has 0 heterocycles. The SMILES string of the molecule is CC(/C=C/CC(C)COCc1ccccc1)CCO. The minimum absolute atomic E-state index is 0.265. The lowest BCUT2D eigenvalue weighted by Gasteiger charge is -2.10. The molecule has 0 spiro atoms. The Morgan fingerprint density at radius 2 is 1.95 bits per heavy atom. The van der Waals surface area contributed by atoms with Gasteiger partial charge in [0, 0.05) is 13.2 Å². The van der Waals surface area contributed by atoms with Gasteiger partial charge in [0.2, 0.25) is 0 Å². The molecule has 0 saturated heterocycles. The van der Waals surface area contributed by atoms with Crippen LogP contribution < -0.4 is 0 Å². The number of allylic oxidation sites excluding steroid dienone is 2. The van der Waals surface area contributed by atoms with E-state index in [2.05, 4.69) is 38.1 Å². The fraction of sp³-hybridized carbons (Fsp3) is 0.529. The standard InChI is InChI=1S/C17H26O2/c1-15(11-12-18)7-6-8-16(2)13-19-14-17-9-4-3-5-10-17/h3-7,9-10,15-16,18H,8,11-14H2,1-2H3/b7-6+. The average Bonchev–Trinajstić information content (AvgIpc) is 2.40. The van der Waals surface area contributed by atoms with Gasteiger partial charge in [-0.25, -0.2) is 0 Å². The summed E-state index contributed by atoms with van der Waals surface area (Å²) in [5, 5.41) is 8.82. The first kappa shape index (κ1) is 15.9. The van der Waals surface area contributed by atoms with Crippen LogP contribution in [0.15, 0.2) is 42.5 Å². The fourth-order valence-electron chi connectivity index (χ4n) is 1.86. The van der Waals surface area contributed by atoms with Crippen LogP contribution >= 0.6 is 0 Å².